The van der Waals surface area contributed by atoms with Gasteiger partial charge in [-0.1, -0.05) is 31.2 Å². The molecule has 2 heterocycles. The number of nitrogens with zero attached hydrogens (tertiary/aromatic N) is 3. The Labute approximate surface area is 151 Å². The Morgan fingerprint density at radius 1 is 1.15 bits per heavy atom. The first-order valence-corrected chi connectivity index (χ1v) is 8.79. The van der Waals surface area contributed by atoms with Crippen molar-refractivity contribution in [3.8, 4) is 0 Å². The number of pyridine rings is 1. The summed E-state index contributed by atoms with van der Waals surface area (Å²) < 4.78 is 1.95. The van der Waals surface area contributed by atoms with E-state index in [0.29, 0.717) is 24.5 Å². The van der Waals surface area contributed by atoms with E-state index in [-0.39, 0.29) is 5.78 Å². The van der Waals surface area contributed by atoms with Gasteiger partial charge in [0.2, 0.25) is 5.95 Å². The highest BCUT2D eigenvalue weighted by atomic mass is 16.1. The summed E-state index contributed by atoms with van der Waals surface area (Å²) >= 11 is 0. The number of anilines is 1. The average molecular weight is 344 g/mol. The fourth-order valence-corrected chi connectivity index (χ4v) is 3.32. The number of aromatic nitrogens is 3. The lowest BCUT2D eigenvalue weighted by atomic mass is 10.1. The number of imidazole rings is 1. The van der Waals surface area contributed by atoms with E-state index in [4.69, 9.17) is 5.73 Å². The third-order valence-corrected chi connectivity index (χ3v) is 4.62. The van der Waals surface area contributed by atoms with Crippen LogP contribution in [0.2, 0.25) is 0 Å². The molecule has 0 aliphatic rings. The Kier molecular flexibility index (Phi) is 4.13. The summed E-state index contributed by atoms with van der Waals surface area (Å²) in [4.78, 5) is 21.2. The van der Waals surface area contributed by atoms with Crippen molar-refractivity contribution in [2.75, 3.05) is 5.73 Å². The minimum Gasteiger partial charge on any atom is -0.369 e. The minimum atomic E-state index is 0.146. The van der Waals surface area contributed by atoms with E-state index in [1.807, 2.05) is 60.0 Å². The van der Waals surface area contributed by atoms with Crippen molar-refractivity contribution in [2.24, 2.45) is 0 Å². The Morgan fingerprint density at radius 2 is 2.00 bits per heavy atom. The van der Waals surface area contributed by atoms with Crippen molar-refractivity contribution in [1.82, 2.24) is 14.5 Å². The Hall–Kier alpha value is -3.21. The van der Waals surface area contributed by atoms with Gasteiger partial charge < -0.3 is 10.3 Å². The lowest BCUT2D eigenvalue weighted by Gasteiger charge is -2.10. The van der Waals surface area contributed by atoms with Crippen LogP contribution >= 0.6 is 0 Å². The number of benzene rings is 2. The molecule has 2 aromatic heterocycles. The maximum absolute atomic E-state index is 12.3. The van der Waals surface area contributed by atoms with Gasteiger partial charge in [0, 0.05) is 23.6 Å². The van der Waals surface area contributed by atoms with Gasteiger partial charge in [0.25, 0.3) is 0 Å². The van der Waals surface area contributed by atoms with Gasteiger partial charge in [-0.3, -0.25) is 9.78 Å². The summed E-state index contributed by atoms with van der Waals surface area (Å²) in [6, 6.07) is 15.7. The fourth-order valence-electron chi connectivity index (χ4n) is 3.32. The van der Waals surface area contributed by atoms with Crippen molar-refractivity contribution in [3.05, 3.63) is 65.9 Å². The van der Waals surface area contributed by atoms with Crippen LogP contribution in [0, 0.1) is 0 Å². The largest absolute Gasteiger partial charge is 0.369 e. The lowest BCUT2D eigenvalue weighted by Crippen LogP contribution is -2.06. The summed E-state index contributed by atoms with van der Waals surface area (Å²) in [7, 11) is 0. The van der Waals surface area contributed by atoms with Crippen LogP contribution < -0.4 is 5.73 Å². The maximum Gasteiger partial charge on any atom is 0.201 e. The zero-order valence-corrected chi connectivity index (χ0v) is 14.6. The second kappa shape index (κ2) is 6.59. The summed E-state index contributed by atoms with van der Waals surface area (Å²) in [5, 5.41) is 1.09. The molecule has 26 heavy (non-hydrogen) atoms. The summed E-state index contributed by atoms with van der Waals surface area (Å²) in [5.74, 6) is 0.584. The second-order valence-corrected chi connectivity index (χ2v) is 6.43. The van der Waals surface area contributed by atoms with Crippen LogP contribution in [-0.4, -0.2) is 20.3 Å². The molecule has 0 spiro atoms. The molecular weight excluding hydrogens is 324 g/mol. The molecule has 0 unspecified atom stereocenters. The molecule has 0 aliphatic carbocycles. The van der Waals surface area contributed by atoms with Crippen LogP contribution in [0.1, 0.15) is 35.7 Å². The Balaban J connectivity index is 1.81. The standard InChI is InChI=1S/C21H20N4O/c1-2-5-19(26)15-9-10-17-18(12-15)25(21(22)24-17)13-16-7-3-6-14-8-4-11-23-20(14)16/h3-4,6-12H,2,5,13H2,1H3,(H2,22,24). The van der Waals surface area contributed by atoms with Gasteiger partial charge in [-0.2, -0.15) is 0 Å². The molecule has 0 saturated heterocycles. The van der Waals surface area contributed by atoms with Gasteiger partial charge in [-0.25, -0.2) is 4.98 Å². The van der Waals surface area contributed by atoms with E-state index in [1.165, 1.54) is 0 Å². The van der Waals surface area contributed by atoms with Crippen LogP contribution in [0.15, 0.2) is 54.7 Å². The molecule has 4 rings (SSSR count). The highest BCUT2D eigenvalue weighted by Gasteiger charge is 2.13. The predicted octanol–water partition coefficient (Wildman–Crippen LogP) is 4.20. The van der Waals surface area contributed by atoms with Crippen molar-refractivity contribution >= 4 is 33.7 Å². The fraction of sp³-hybridized carbons (Fsp3) is 0.190. The van der Waals surface area contributed by atoms with Gasteiger partial charge in [0.1, 0.15) is 0 Å². The van der Waals surface area contributed by atoms with Crippen molar-refractivity contribution in [1.29, 1.82) is 0 Å². The van der Waals surface area contributed by atoms with Gasteiger partial charge in [-0.15, -0.1) is 0 Å². The Bertz CT molecular complexity index is 1110. The van der Waals surface area contributed by atoms with Crippen molar-refractivity contribution in [3.63, 3.8) is 0 Å². The van der Waals surface area contributed by atoms with Crippen molar-refractivity contribution < 1.29 is 4.79 Å². The quantitative estimate of drug-likeness (QED) is 0.551. The molecule has 5 heteroatoms. The lowest BCUT2D eigenvalue weighted by molar-refractivity contribution is 0.0982. The molecule has 5 nitrogen and oxygen atoms in total. The third kappa shape index (κ3) is 2.81. The first kappa shape index (κ1) is 16.3. The molecule has 4 aromatic rings. The molecule has 2 N–H and O–H groups in total. The molecule has 0 fully saturated rings. The van der Waals surface area contributed by atoms with Crippen LogP contribution in [0.4, 0.5) is 5.95 Å². The second-order valence-electron chi connectivity index (χ2n) is 6.43. The molecule has 0 saturated carbocycles. The van der Waals surface area contributed by atoms with Gasteiger partial charge in [-0.05, 0) is 36.2 Å². The summed E-state index contributed by atoms with van der Waals surface area (Å²) in [6.07, 6.45) is 3.17. The first-order valence-electron chi connectivity index (χ1n) is 8.79. The highest BCUT2D eigenvalue weighted by Crippen LogP contribution is 2.24. The third-order valence-electron chi connectivity index (χ3n) is 4.62. The zero-order valence-electron chi connectivity index (χ0n) is 14.6. The summed E-state index contributed by atoms with van der Waals surface area (Å²) in [6.45, 7) is 2.56. The molecule has 130 valence electrons. The number of rotatable bonds is 5. The topological polar surface area (TPSA) is 73.8 Å². The Morgan fingerprint density at radius 3 is 2.85 bits per heavy atom. The van der Waals surface area contributed by atoms with Crippen LogP contribution in [0.25, 0.3) is 21.9 Å². The number of hydrogen-bond acceptors (Lipinski definition) is 4. The molecule has 0 amide bonds. The van der Waals surface area contributed by atoms with E-state index in [1.54, 1.807) is 6.20 Å². The van der Waals surface area contributed by atoms with E-state index in [9.17, 15) is 4.79 Å². The number of Topliss-reactive ketones (excluding diaryl/α,β-unsaturated/α-hetero) is 1. The number of nitrogen functional groups attached to an aromatic ring is 1. The van der Waals surface area contributed by atoms with Gasteiger partial charge in [0.05, 0.1) is 23.1 Å². The van der Waals surface area contributed by atoms with E-state index in [2.05, 4.69) is 9.97 Å². The maximum atomic E-state index is 12.3. The molecule has 0 atom stereocenters. The number of carbonyl (C=O) groups excluding carboxylic acids is 1. The smallest absolute Gasteiger partial charge is 0.201 e. The highest BCUT2D eigenvalue weighted by molar-refractivity contribution is 5.99. The van der Waals surface area contributed by atoms with Crippen LogP contribution in [-0.2, 0) is 6.54 Å². The monoisotopic (exact) mass is 344 g/mol. The van der Waals surface area contributed by atoms with Crippen LogP contribution in [0.5, 0.6) is 0 Å². The minimum absolute atomic E-state index is 0.146. The van der Waals surface area contributed by atoms with E-state index in [0.717, 1.165) is 33.9 Å². The number of para-hydroxylation sites is 1. The van der Waals surface area contributed by atoms with Crippen LogP contribution in [0.3, 0.4) is 0 Å². The van der Waals surface area contributed by atoms with Gasteiger partial charge >= 0.3 is 0 Å². The molecule has 2 aromatic carbocycles. The first-order chi connectivity index (χ1) is 12.7. The number of fused-ring (bicyclic) bond motifs is 2. The number of carbonyl (C=O) groups is 1. The molecular formula is C21H20N4O. The van der Waals surface area contributed by atoms with E-state index < -0.39 is 0 Å². The SMILES string of the molecule is CCCC(=O)c1ccc2nc(N)n(Cc3cccc4cccnc34)c2c1. The molecule has 0 radical (unpaired) electrons. The zero-order chi connectivity index (χ0) is 18.1. The molecule has 0 bridgehead atoms. The number of ketones is 1. The molecule has 0 aliphatic heterocycles. The number of nitrogens with two attached hydrogens (primary N) is 1. The predicted molar refractivity (Wildman–Crippen MR) is 104 cm³/mol. The average Bonchev–Trinajstić information content (AvgIpc) is 2.97. The van der Waals surface area contributed by atoms with Crippen molar-refractivity contribution in [2.45, 2.75) is 26.3 Å². The van der Waals surface area contributed by atoms with E-state index >= 15 is 0 Å². The summed E-state index contributed by atoms with van der Waals surface area (Å²) in [5.41, 5.74) is 10.6. The number of hydrogen-bond donors (Lipinski definition) is 1. The normalized spacial score (nSPS) is 11.3. The van der Waals surface area contributed by atoms with Gasteiger partial charge in [0.15, 0.2) is 5.78 Å².